The maximum absolute atomic E-state index is 12.3. The number of aromatic nitrogens is 2. The van der Waals surface area contributed by atoms with Crippen molar-refractivity contribution >= 4 is 49.6 Å². The highest BCUT2D eigenvalue weighted by Gasteiger charge is 2.19. The van der Waals surface area contributed by atoms with Gasteiger partial charge in [0.1, 0.15) is 10.9 Å². The number of nitriles is 1. The Morgan fingerprint density at radius 2 is 2.23 bits per heavy atom. The van der Waals surface area contributed by atoms with Crippen LogP contribution in [0.3, 0.4) is 0 Å². The summed E-state index contributed by atoms with van der Waals surface area (Å²) in [5, 5.41) is 22.2. The highest BCUT2D eigenvalue weighted by atomic mass is 79.9. The molecule has 0 saturated heterocycles. The van der Waals surface area contributed by atoms with Gasteiger partial charge in [-0.15, -0.1) is 21.5 Å². The average Bonchev–Trinajstić information content (AvgIpc) is 3.20. The second-order valence-electron chi connectivity index (χ2n) is 4.88. The third-order valence-electron chi connectivity index (χ3n) is 3.23. The molecular formula is C15H9BrN4O4S2. The van der Waals surface area contributed by atoms with Crippen molar-refractivity contribution in [1.29, 1.82) is 5.26 Å². The number of methoxy groups -OCH3 is 1. The lowest BCUT2D eigenvalue weighted by Crippen LogP contribution is -2.15. The molecule has 3 heterocycles. The number of amides is 1. The minimum absolute atomic E-state index is 0.0308. The first-order chi connectivity index (χ1) is 12.4. The second kappa shape index (κ2) is 7.36. The third-order valence-corrected chi connectivity index (χ3v) is 5.67. The number of hydrogen-bond donors (Lipinski definition) is 1. The first-order valence-corrected chi connectivity index (χ1v) is 9.44. The Morgan fingerprint density at radius 3 is 2.88 bits per heavy atom. The number of carbonyl (C=O) groups is 1. The third kappa shape index (κ3) is 3.39. The maximum atomic E-state index is 12.3. The van der Waals surface area contributed by atoms with Crippen LogP contribution in [0.15, 0.2) is 25.1 Å². The number of anilines is 1. The van der Waals surface area contributed by atoms with Crippen LogP contribution in [-0.2, 0) is 0 Å². The van der Waals surface area contributed by atoms with Gasteiger partial charge in [0.25, 0.3) is 5.91 Å². The molecule has 132 valence electrons. The smallest absolute Gasteiger partial charge is 0.380 e. The number of nitrogens with zero attached hydrogens (tertiary/aromatic N) is 3. The molecule has 0 bridgehead atoms. The van der Waals surface area contributed by atoms with Gasteiger partial charge in [-0.25, -0.2) is 4.79 Å². The molecule has 1 amide bonds. The summed E-state index contributed by atoms with van der Waals surface area (Å²) in [6, 6.07) is 3.45. The van der Waals surface area contributed by atoms with Gasteiger partial charge >= 0.3 is 5.63 Å². The van der Waals surface area contributed by atoms with Gasteiger partial charge in [0.15, 0.2) is 10.8 Å². The van der Waals surface area contributed by atoms with Gasteiger partial charge in [-0.1, -0.05) is 11.3 Å². The van der Waals surface area contributed by atoms with Crippen LogP contribution in [0.25, 0.3) is 10.6 Å². The summed E-state index contributed by atoms with van der Waals surface area (Å²) in [7, 11) is 1.32. The van der Waals surface area contributed by atoms with Crippen LogP contribution in [0.4, 0.5) is 5.13 Å². The lowest BCUT2D eigenvalue weighted by atomic mass is 10.2. The van der Waals surface area contributed by atoms with E-state index in [-0.39, 0.29) is 16.6 Å². The molecular weight excluding hydrogens is 444 g/mol. The summed E-state index contributed by atoms with van der Waals surface area (Å²) >= 11 is 5.59. The highest BCUT2D eigenvalue weighted by Crippen LogP contribution is 2.35. The fourth-order valence-corrected chi connectivity index (χ4v) is 4.36. The van der Waals surface area contributed by atoms with Gasteiger partial charge in [-0.05, 0) is 33.8 Å². The molecule has 11 heteroatoms. The fraction of sp³-hybridized carbons (Fsp3) is 0.133. The van der Waals surface area contributed by atoms with Gasteiger partial charge in [0.05, 0.1) is 11.6 Å². The molecule has 0 spiro atoms. The van der Waals surface area contributed by atoms with Crippen LogP contribution < -0.4 is 15.7 Å². The summed E-state index contributed by atoms with van der Waals surface area (Å²) < 4.78 is 10.1. The minimum atomic E-state index is -0.780. The molecule has 0 aromatic carbocycles. The zero-order valence-electron chi connectivity index (χ0n) is 13.3. The average molecular weight is 453 g/mol. The Balaban J connectivity index is 1.86. The molecule has 0 atom stereocenters. The van der Waals surface area contributed by atoms with Crippen LogP contribution >= 0.6 is 38.6 Å². The Kier molecular flexibility index (Phi) is 5.17. The van der Waals surface area contributed by atoms with Crippen LogP contribution in [-0.4, -0.2) is 23.2 Å². The van der Waals surface area contributed by atoms with Gasteiger partial charge in [-0.3, -0.25) is 10.1 Å². The van der Waals surface area contributed by atoms with Crippen molar-refractivity contribution < 1.29 is 13.9 Å². The first-order valence-electron chi connectivity index (χ1n) is 6.95. The Labute approximate surface area is 163 Å². The highest BCUT2D eigenvalue weighted by molar-refractivity contribution is 9.10. The molecule has 0 radical (unpaired) electrons. The quantitative estimate of drug-likeness (QED) is 0.643. The van der Waals surface area contributed by atoms with E-state index in [1.54, 1.807) is 0 Å². The number of aryl methyl sites for hydroxylation is 1. The number of ether oxygens (including phenoxy) is 1. The van der Waals surface area contributed by atoms with Crippen LogP contribution in [0, 0.1) is 18.3 Å². The molecule has 3 aromatic rings. The van der Waals surface area contributed by atoms with Gasteiger partial charge < -0.3 is 9.15 Å². The molecule has 1 N–H and O–H groups in total. The number of rotatable bonds is 4. The topological polar surface area (TPSA) is 118 Å². The maximum Gasteiger partial charge on any atom is 0.380 e. The van der Waals surface area contributed by atoms with Gasteiger partial charge in [0, 0.05) is 11.6 Å². The standard InChI is InChI=1S/C15H9BrN4O4S2/c1-6-5-25-9(4-17)10(6)13-19-20-15(26-13)18-12(21)8-3-7(16)11(23-2)14(22)24-8/h3,5H,1-2H3,(H,18,20,21). The van der Waals surface area contributed by atoms with Gasteiger partial charge in [0.2, 0.25) is 10.9 Å². The second-order valence-corrected chi connectivity index (χ2v) is 7.59. The molecule has 3 aromatic heterocycles. The van der Waals surface area contributed by atoms with Crippen molar-refractivity contribution in [1.82, 2.24) is 10.2 Å². The van der Waals surface area contributed by atoms with E-state index in [4.69, 9.17) is 9.15 Å². The van der Waals surface area contributed by atoms with Crippen molar-refractivity contribution in [2.45, 2.75) is 6.92 Å². The predicted octanol–water partition coefficient (Wildman–Crippen LogP) is 3.42. The van der Waals surface area contributed by atoms with Crippen molar-refractivity contribution in [3.8, 4) is 22.4 Å². The minimum Gasteiger partial charge on any atom is -0.489 e. The lowest BCUT2D eigenvalue weighted by molar-refractivity contribution is 0.0991. The molecule has 0 aliphatic heterocycles. The molecule has 0 saturated carbocycles. The molecule has 26 heavy (non-hydrogen) atoms. The summed E-state index contributed by atoms with van der Waals surface area (Å²) in [5.41, 5.74) is 0.831. The van der Waals surface area contributed by atoms with Crippen molar-refractivity contribution in [3.05, 3.63) is 42.5 Å². The number of halogens is 1. The predicted molar refractivity (Wildman–Crippen MR) is 99.9 cm³/mol. The number of carbonyl (C=O) groups excluding carboxylic acids is 1. The van der Waals surface area contributed by atoms with E-state index in [2.05, 4.69) is 37.5 Å². The molecule has 0 aliphatic carbocycles. The van der Waals surface area contributed by atoms with Crippen LogP contribution in [0.5, 0.6) is 5.75 Å². The number of thiophene rings is 1. The van der Waals surface area contributed by atoms with E-state index >= 15 is 0 Å². The Morgan fingerprint density at radius 1 is 1.46 bits per heavy atom. The SMILES string of the molecule is COc1c(Br)cc(C(=O)Nc2nnc(-c3c(C)csc3C#N)s2)oc1=O. The summed E-state index contributed by atoms with van der Waals surface area (Å²) in [5.74, 6) is -0.892. The summed E-state index contributed by atoms with van der Waals surface area (Å²) in [6.07, 6.45) is 0. The summed E-state index contributed by atoms with van der Waals surface area (Å²) in [4.78, 5) is 24.6. The monoisotopic (exact) mass is 452 g/mol. The molecule has 0 unspecified atom stereocenters. The first kappa shape index (κ1) is 18.2. The van der Waals surface area contributed by atoms with E-state index in [0.717, 1.165) is 16.9 Å². The van der Waals surface area contributed by atoms with E-state index < -0.39 is 11.5 Å². The fourth-order valence-electron chi connectivity index (χ4n) is 2.07. The van der Waals surface area contributed by atoms with Crippen LogP contribution in [0.2, 0.25) is 0 Å². The zero-order chi connectivity index (χ0) is 18.8. The normalized spacial score (nSPS) is 10.4. The van der Waals surface area contributed by atoms with Crippen molar-refractivity contribution in [2.75, 3.05) is 12.4 Å². The van der Waals surface area contributed by atoms with Crippen molar-refractivity contribution in [2.24, 2.45) is 0 Å². The number of nitrogens with one attached hydrogen (secondary N) is 1. The van der Waals surface area contributed by atoms with Gasteiger partial charge in [-0.2, -0.15) is 5.26 Å². The van der Waals surface area contributed by atoms with E-state index in [0.29, 0.717) is 19.9 Å². The number of hydrogen-bond acceptors (Lipinski definition) is 9. The van der Waals surface area contributed by atoms with E-state index in [9.17, 15) is 14.9 Å². The summed E-state index contributed by atoms with van der Waals surface area (Å²) in [6.45, 7) is 1.87. The van der Waals surface area contributed by atoms with Crippen molar-refractivity contribution in [3.63, 3.8) is 0 Å². The van der Waals surface area contributed by atoms with E-state index in [1.165, 1.54) is 24.5 Å². The molecule has 0 aliphatic rings. The van der Waals surface area contributed by atoms with E-state index in [1.807, 2.05) is 12.3 Å². The molecule has 8 nitrogen and oxygen atoms in total. The largest absolute Gasteiger partial charge is 0.489 e. The Hall–Kier alpha value is -2.55. The van der Waals surface area contributed by atoms with Crippen LogP contribution in [0.1, 0.15) is 21.0 Å². The zero-order valence-corrected chi connectivity index (χ0v) is 16.5. The lowest BCUT2D eigenvalue weighted by Gasteiger charge is -2.03. The molecule has 0 fully saturated rings. The molecule has 3 rings (SSSR count). The Bertz CT molecular complexity index is 1100.